The molecule has 3 heterocycles. The Kier molecular flexibility index (Phi) is 5.36. The van der Waals surface area contributed by atoms with Gasteiger partial charge in [0.2, 0.25) is 5.91 Å². The molecule has 2 amide bonds. The van der Waals surface area contributed by atoms with Gasteiger partial charge in [-0.2, -0.15) is 15.4 Å². The number of H-pyrrole nitrogens is 1. The fourth-order valence-electron chi connectivity index (χ4n) is 4.90. The zero-order valence-corrected chi connectivity index (χ0v) is 17.0. The molecule has 8 nitrogen and oxygen atoms in total. The van der Waals surface area contributed by atoms with E-state index in [1.54, 1.807) is 0 Å². The summed E-state index contributed by atoms with van der Waals surface area (Å²) in [6.45, 7) is 3.56. The first-order valence-electron chi connectivity index (χ1n) is 10.1. The minimum Gasteiger partial charge on any atom is -0.342 e. The molecular weight excluding hydrogens is 368 g/mol. The van der Waals surface area contributed by atoms with E-state index >= 15 is 0 Å². The number of carbonyl (C=O) groups excluding carboxylic acids is 2. The quantitative estimate of drug-likeness (QED) is 0.784. The molecule has 2 fully saturated rings. The summed E-state index contributed by atoms with van der Waals surface area (Å²) < 4.78 is 0. The molecule has 2 atom stereocenters. The number of nitrogens with one attached hydrogen (secondary N) is 1. The van der Waals surface area contributed by atoms with E-state index in [-0.39, 0.29) is 23.1 Å². The van der Waals surface area contributed by atoms with Crippen molar-refractivity contribution in [2.45, 2.75) is 12.8 Å². The maximum absolute atomic E-state index is 12.9. The summed E-state index contributed by atoms with van der Waals surface area (Å²) in [5.74, 6) is 0.394. The minimum atomic E-state index is -0.0920. The van der Waals surface area contributed by atoms with Crippen LogP contribution in [0.4, 0.5) is 0 Å². The molecule has 4 rings (SSSR count). The summed E-state index contributed by atoms with van der Waals surface area (Å²) in [4.78, 5) is 31.7. The first-order valence-corrected chi connectivity index (χ1v) is 10.1. The van der Waals surface area contributed by atoms with E-state index in [0.717, 1.165) is 13.0 Å². The number of hydrogen-bond donors (Lipinski definition) is 1. The lowest BCUT2D eigenvalue weighted by atomic mass is 9.80. The lowest BCUT2D eigenvalue weighted by Crippen LogP contribution is -2.43. The van der Waals surface area contributed by atoms with E-state index in [0.29, 0.717) is 38.3 Å². The Morgan fingerprint density at radius 1 is 1.17 bits per heavy atom. The van der Waals surface area contributed by atoms with Gasteiger partial charge in [-0.05, 0) is 26.1 Å². The highest BCUT2D eigenvalue weighted by atomic mass is 16.2. The Bertz CT molecular complexity index is 853. The Balaban J connectivity index is 1.43. The van der Waals surface area contributed by atoms with Crippen LogP contribution in [0, 0.1) is 11.3 Å². The number of aryl methyl sites for hydroxylation is 1. The van der Waals surface area contributed by atoms with Gasteiger partial charge in [0.1, 0.15) is 0 Å². The molecule has 8 heteroatoms. The van der Waals surface area contributed by atoms with Crippen molar-refractivity contribution in [3.8, 4) is 0 Å². The summed E-state index contributed by atoms with van der Waals surface area (Å²) in [6.07, 6.45) is 2.75. The predicted molar refractivity (Wildman–Crippen MR) is 108 cm³/mol. The molecule has 29 heavy (non-hydrogen) atoms. The van der Waals surface area contributed by atoms with E-state index in [1.807, 2.05) is 42.1 Å². The van der Waals surface area contributed by atoms with Gasteiger partial charge in [-0.1, -0.05) is 30.3 Å². The largest absolute Gasteiger partial charge is 0.342 e. The fraction of sp³-hybridized carbons (Fsp3) is 0.524. The van der Waals surface area contributed by atoms with Crippen molar-refractivity contribution in [3.63, 3.8) is 0 Å². The van der Waals surface area contributed by atoms with Gasteiger partial charge < -0.3 is 14.7 Å². The van der Waals surface area contributed by atoms with Gasteiger partial charge in [0.15, 0.2) is 5.69 Å². The van der Waals surface area contributed by atoms with Gasteiger partial charge in [0.25, 0.3) is 5.91 Å². The lowest BCUT2D eigenvalue weighted by Gasteiger charge is -2.32. The van der Waals surface area contributed by atoms with Crippen molar-refractivity contribution in [2.75, 3.05) is 46.8 Å². The first kappa shape index (κ1) is 19.6. The highest BCUT2D eigenvalue weighted by Crippen LogP contribution is 2.43. The Labute approximate surface area is 170 Å². The van der Waals surface area contributed by atoms with Crippen LogP contribution in [0.3, 0.4) is 0 Å². The van der Waals surface area contributed by atoms with Crippen molar-refractivity contribution < 1.29 is 9.59 Å². The number of carbonyl (C=O) groups is 2. The maximum atomic E-state index is 12.9. The summed E-state index contributed by atoms with van der Waals surface area (Å²) in [6, 6.07) is 10.1. The molecule has 0 radical (unpaired) electrons. The monoisotopic (exact) mass is 396 g/mol. The zero-order valence-electron chi connectivity index (χ0n) is 17.0. The van der Waals surface area contributed by atoms with Gasteiger partial charge in [0, 0.05) is 50.5 Å². The van der Waals surface area contributed by atoms with Crippen LogP contribution < -0.4 is 0 Å². The molecule has 2 aliphatic rings. The fourth-order valence-corrected chi connectivity index (χ4v) is 4.90. The van der Waals surface area contributed by atoms with Crippen molar-refractivity contribution in [3.05, 3.63) is 47.8 Å². The molecule has 1 N–H and O–H groups in total. The SMILES string of the molecule is CN(C)CC12CN(C(=O)CCc3ccccc3)CC1CN(C(=O)c1cn[nH]n1)C2. The number of benzene rings is 1. The van der Waals surface area contributed by atoms with Crippen LogP contribution >= 0.6 is 0 Å². The third kappa shape index (κ3) is 4.03. The average molecular weight is 396 g/mol. The van der Waals surface area contributed by atoms with Crippen molar-refractivity contribution in [1.29, 1.82) is 0 Å². The number of aromatic amines is 1. The molecule has 2 saturated heterocycles. The Morgan fingerprint density at radius 2 is 1.90 bits per heavy atom. The summed E-state index contributed by atoms with van der Waals surface area (Å²) >= 11 is 0. The Hall–Kier alpha value is -2.74. The highest BCUT2D eigenvalue weighted by Gasteiger charge is 2.54. The molecule has 2 aliphatic heterocycles. The third-order valence-corrected chi connectivity index (χ3v) is 6.13. The third-order valence-electron chi connectivity index (χ3n) is 6.13. The molecular formula is C21H28N6O2. The van der Waals surface area contributed by atoms with Gasteiger partial charge in [-0.15, -0.1) is 0 Å². The van der Waals surface area contributed by atoms with Crippen LogP contribution in [0.5, 0.6) is 0 Å². The van der Waals surface area contributed by atoms with Crippen LogP contribution in [0.25, 0.3) is 0 Å². The van der Waals surface area contributed by atoms with Gasteiger partial charge in [0.05, 0.1) is 6.20 Å². The molecule has 0 aliphatic carbocycles. The van der Waals surface area contributed by atoms with Crippen LogP contribution in [-0.4, -0.2) is 88.7 Å². The van der Waals surface area contributed by atoms with E-state index in [4.69, 9.17) is 0 Å². The van der Waals surface area contributed by atoms with Gasteiger partial charge in [-0.25, -0.2) is 0 Å². The van der Waals surface area contributed by atoms with E-state index in [2.05, 4.69) is 32.4 Å². The second-order valence-corrected chi connectivity index (χ2v) is 8.60. The highest BCUT2D eigenvalue weighted by molar-refractivity contribution is 5.92. The lowest BCUT2D eigenvalue weighted by molar-refractivity contribution is -0.130. The molecule has 1 aromatic heterocycles. The summed E-state index contributed by atoms with van der Waals surface area (Å²) in [5, 5.41) is 10.2. The number of hydrogen-bond acceptors (Lipinski definition) is 5. The van der Waals surface area contributed by atoms with Crippen molar-refractivity contribution >= 4 is 11.8 Å². The van der Waals surface area contributed by atoms with E-state index in [9.17, 15) is 9.59 Å². The number of fused-ring (bicyclic) bond motifs is 1. The summed E-state index contributed by atoms with van der Waals surface area (Å²) in [5.41, 5.74) is 1.44. The van der Waals surface area contributed by atoms with Crippen LogP contribution in [0.2, 0.25) is 0 Å². The molecule has 1 aromatic carbocycles. The van der Waals surface area contributed by atoms with E-state index < -0.39 is 0 Å². The molecule has 2 unspecified atom stereocenters. The van der Waals surface area contributed by atoms with Crippen LogP contribution in [-0.2, 0) is 11.2 Å². The van der Waals surface area contributed by atoms with Crippen molar-refractivity contribution in [1.82, 2.24) is 30.1 Å². The predicted octanol–water partition coefficient (Wildman–Crippen LogP) is 0.900. The maximum Gasteiger partial charge on any atom is 0.276 e. The van der Waals surface area contributed by atoms with Gasteiger partial charge >= 0.3 is 0 Å². The molecule has 0 bridgehead atoms. The van der Waals surface area contributed by atoms with Gasteiger partial charge in [-0.3, -0.25) is 9.59 Å². The average Bonchev–Trinajstić information content (AvgIpc) is 3.40. The number of aromatic nitrogens is 3. The standard InChI is InChI=1S/C21H28N6O2/c1-25(2)13-21-14-26(19(28)9-8-16-6-4-3-5-7-16)11-17(21)12-27(15-21)20(29)18-10-22-24-23-18/h3-7,10,17H,8-9,11-15H2,1-2H3,(H,22,23,24). The molecule has 154 valence electrons. The number of nitrogens with zero attached hydrogens (tertiary/aromatic N) is 5. The van der Waals surface area contributed by atoms with E-state index in [1.165, 1.54) is 11.8 Å². The van der Waals surface area contributed by atoms with Crippen molar-refractivity contribution in [2.24, 2.45) is 11.3 Å². The molecule has 0 spiro atoms. The second-order valence-electron chi connectivity index (χ2n) is 8.60. The normalized spacial score (nSPS) is 23.6. The van der Waals surface area contributed by atoms with Crippen LogP contribution in [0.15, 0.2) is 36.5 Å². The summed E-state index contributed by atoms with van der Waals surface area (Å²) in [7, 11) is 4.10. The topological polar surface area (TPSA) is 85.4 Å². The number of amides is 2. The second kappa shape index (κ2) is 7.94. The molecule has 0 saturated carbocycles. The first-order chi connectivity index (χ1) is 14.0. The number of likely N-dealkylation sites (tertiary alicyclic amines) is 2. The number of rotatable bonds is 6. The Morgan fingerprint density at radius 3 is 2.59 bits per heavy atom. The zero-order chi connectivity index (χ0) is 20.4. The smallest absolute Gasteiger partial charge is 0.276 e. The minimum absolute atomic E-state index is 0.0896. The molecule has 2 aromatic rings. The van der Waals surface area contributed by atoms with Crippen LogP contribution in [0.1, 0.15) is 22.5 Å².